The zero-order valence-electron chi connectivity index (χ0n) is 14.4. The second kappa shape index (κ2) is 7.59. The van der Waals surface area contributed by atoms with Crippen molar-refractivity contribution in [1.29, 1.82) is 0 Å². The van der Waals surface area contributed by atoms with E-state index in [9.17, 15) is 18.4 Å². The number of rotatable bonds is 4. The minimum atomic E-state index is -1.08. The molecule has 4 rings (SSSR count). The Hall–Kier alpha value is -2.74. The third kappa shape index (κ3) is 3.53. The summed E-state index contributed by atoms with van der Waals surface area (Å²) in [6.07, 6.45) is 0. The van der Waals surface area contributed by atoms with Crippen LogP contribution in [0, 0.1) is 11.6 Å². The molecular formula is C20H10Cl2F2N2O2S. The zero-order chi connectivity index (χ0) is 20.7. The Bertz CT molecular complexity index is 1180. The van der Waals surface area contributed by atoms with E-state index in [-0.39, 0.29) is 27.7 Å². The molecule has 0 atom stereocenters. The van der Waals surface area contributed by atoms with E-state index in [1.807, 2.05) is 0 Å². The van der Waals surface area contributed by atoms with E-state index in [0.29, 0.717) is 9.90 Å². The van der Waals surface area contributed by atoms with Crippen LogP contribution in [0.1, 0.15) is 4.88 Å². The number of nitrogens with zero attached hydrogens (tertiary/aromatic N) is 1. The van der Waals surface area contributed by atoms with Crippen molar-refractivity contribution in [3.63, 3.8) is 0 Å². The topological polar surface area (TPSA) is 49.4 Å². The van der Waals surface area contributed by atoms with Gasteiger partial charge in [-0.1, -0.05) is 29.3 Å². The van der Waals surface area contributed by atoms with E-state index in [4.69, 9.17) is 23.2 Å². The molecule has 1 aliphatic heterocycles. The molecule has 0 unspecified atom stereocenters. The highest BCUT2D eigenvalue weighted by atomic mass is 35.5. The lowest BCUT2D eigenvalue weighted by molar-refractivity contribution is -0.120. The van der Waals surface area contributed by atoms with Crippen LogP contribution in [0.2, 0.25) is 10.0 Å². The smallest absolute Gasteiger partial charge is 0.282 e. The Balaban J connectivity index is 1.82. The molecule has 0 saturated carbocycles. The van der Waals surface area contributed by atoms with Gasteiger partial charge in [-0.3, -0.25) is 9.59 Å². The van der Waals surface area contributed by atoms with E-state index in [1.165, 1.54) is 35.6 Å². The molecule has 3 aromatic rings. The van der Waals surface area contributed by atoms with Gasteiger partial charge in [0.25, 0.3) is 11.8 Å². The fraction of sp³-hybridized carbons (Fsp3) is 0. The first-order valence-electron chi connectivity index (χ1n) is 8.21. The van der Waals surface area contributed by atoms with Gasteiger partial charge in [-0.15, -0.1) is 11.3 Å². The molecule has 0 bridgehead atoms. The first kappa shape index (κ1) is 19.6. The van der Waals surface area contributed by atoms with Crippen molar-refractivity contribution < 1.29 is 18.4 Å². The van der Waals surface area contributed by atoms with Crippen molar-refractivity contribution in [3.05, 3.63) is 86.2 Å². The minimum absolute atomic E-state index is 0.0699. The van der Waals surface area contributed by atoms with Crippen LogP contribution in [0.4, 0.5) is 20.2 Å². The zero-order valence-corrected chi connectivity index (χ0v) is 16.7. The molecule has 2 amide bonds. The summed E-state index contributed by atoms with van der Waals surface area (Å²) < 4.78 is 26.9. The molecule has 146 valence electrons. The van der Waals surface area contributed by atoms with E-state index in [0.717, 1.165) is 17.0 Å². The number of benzene rings is 2. The van der Waals surface area contributed by atoms with Gasteiger partial charge in [0.2, 0.25) is 0 Å². The van der Waals surface area contributed by atoms with E-state index < -0.39 is 23.4 Å². The van der Waals surface area contributed by atoms with Crippen LogP contribution in [0.5, 0.6) is 0 Å². The highest BCUT2D eigenvalue weighted by molar-refractivity contribution is 7.11. The lowest BCUT2D eigenvalue weighted by Gasteiger charge is -2.17. The number of carbonyl (C=O) groups excluding carboxylic acids is 2. The van der Waals surface area contributed by atoms with Crippen LogP contribution in [-0.2, 0) is 9.59 Å². The average molecular weight is 451 g/mol. The molecule has 29 heavy (non-hydrogen) atoms. The molecule has 0 spiro atoms. The maximum atomic E-state index is 13.6. The third-order valence-electron chi connectivity index (χ3n) is 4.19. The van der Waals surface area contributed by atoms with Crippen molar-refractivity contribution >= 4 is 63.3 Å². The molecule has 0 fully saturated rings. The highest BCUT2D eigenvalue weighted by Gasteiger charge is 2.41. The first-order chi connectivity index (χ1) is 13.9. The van der Waals surface area contributed by atoms with Crippen molar-refractivity contribution in [3.8, 4) is 0 Å². The molecule has 4 nitrogen and oxygen atoms in total. The fourth-order valence-electron chi connectivity index (χ4n) is 2.89. The van der Waals surface area contributed by atoms with Crippen molar-refractivity contribution in [2.75, 3.05) is 10.2 Å². The SMILES string of the molecule is O=C1C(Nc2ccc(F)c(F)c2)=C(c2cccs2)C(=O)N1c1cc(Cl)ccc1Cl. The van der Waals surface area contributed by atoms with Crippen molar-refractivity contribution in [2.45, 2.75) is 0 Å². The summed E-state index contributed by atoms with van der Waals surface area (Å²) in [6.45, 7) is 0. The highest BCUT2D eigenvalue weighted by Crippen LogP contribution is 2.39. The molecule has 0 radical (unpaired) electrons. The minimum Gasteiger partial charge on any atom is -0.350 e. The third-order valence-corrected chi connectivity index (χ3v) is 5.63. The van der Waals surface area contributed by atoms with Crippen molar-refractivity contribution in [1.82, 2.24) is 0 Å². The standard InChI is InChI=1S/C20H10Cl2F2N2O2S/c21-10-3-5-12(22)15(8-10)26-19(27)17(16-2-1-7-29-16)18(20(26)28)25-11-4-6-13(23)14(24)9-11/h1-9,25H. The Labute approximate surface area is 178 Å². The summed E-state index contributed by atoms with van der Waals surface area (Å²) in [5, 5.41) is 4.97. The summed E-state index contributed by atoms with van der Waals surface area (Å²) in [4.78, 5) is 27.8. The monoisotopic (exact) mass is 450 g/mol. The summed E-state index contributed by atoms with van der Waals surface area (Å²) in [6, 6.07) is 10.9. The molecule has 1 aromatic heterocycles. The summed E-state index contributed by atoms with van der Waals surface area (Å²) in [7, 11) is 0. The molecule has 0 aliphatic carbocycles. The lowest BCUT2D eigenvalue weighted by Crippen LogP contribution is -2.32. The van der Waals surface area contributed by atoms with Crippen LogP contribution in [-0.4, -0.2) is 11.8 Å². The molecular weight excluding hydrogens is 441 g/mol. The summed E-state index contributed by atoms with van der Waals surface area (Å²) in [5.41, 5.74) is 0.281. The number of hydrogen-bond donors (Lipinski definition) is 1. The van der Waals surface area contributed by atoms with Gasteiger partial charge >= 0.3 is 0 Å². The molecule has 1 aliphatic rings. The maximum absolute atomic E-state index is 13.6. The second-order valence-corrected chi connectivity index (χ2v) is 7.81. The van der Waals surface area contributed by atoms with Crippen LogP contribution in [0.15, 0.2) is 59.6 Å². The molecule has 9 heteroatoms. The average Bonchev–Trinajstić information content (AvgIpc) is 3.28. The fourth-order valence-corrected chi connectivity index (χ4v) is 4.03. The van der Waals surface area contributed by atoms with Gasteiger partial charge in [-0.25, -0.2) is 13.7 Å². The second-order valence-electron chi connectivity index (χ2n) is 6.02. The normalized spacial score (nSPS) is 14.1. The van der Waals surface area contributed by atoms with Crippen LogP contribution in [0.25, 0.3) is 5.57 Å². The number of carbonyl (C=O) groups is 2. The molecule has 2 aromatic carbocycles. The van der Waals surface area contributed by atoms with Gasteiger partial charge in [-0.05, 0) is 41.8 Å². The van der Waals surface area contributed by atoms with E-state index >= 15 is 0 Å². The predicted molar refractivity (Wildman–Crippen MR) is 110 cm³/mol. The Morgan fingerprint density at radius 2 is 1.72 bits per heavy atom. The number of nitrogens with one attached hydrogen (secondary N) is 1. The first-order valence-corrected chi connectivity index (χ1v) is 9.84. The number of anilines is 2. The number of halogens is 4. The lowest BCUT2D eigenvalue weighted by atomic mass is 10.2. The van der Waals surface area contributed by atoms with E-state index in [2.05, 4.69) is 5.32 Å². The largest absolute Gasteiger partial charge is 0.350 e. The predicted octanol–water partition coefficient (Wildman–Crippen LogP) is 5.73. The van der Waals surface area contributed by atoms with Gasteiger partial charge < -0.3 is 5.32 Å². The van der Waals surface area contributed by atoms with Crippen LogP contribution >= 0.6 is 34.5 Å². The van der Waals surface area contributed by atoms with Gasteiger partial charge in [0.15, 0.2) is 11.6 Å². The van der Waals surface area contributed by atoms with Crippen LogP contribution in [0.3, 0.4) is 0 Å². The number of hydrogen-bond acceptors (Lipinski definition) is 4. The number of thiophene rings is 1. The Kier molecular flexibility index (Phi) is 5.12. The van der Waals surface area contributed by atoms with Gasteiger partial charge in [0.05, 0.1) is 16.3 Å². The maximum Gasteiger partial charge on any atom is 0.282 e. The van der Waals surface area contributed by atoms with Crippen LogP contribution < -0.4 is 10.2 Å². The van der Waals surface area contributed by atoms with Gasteiger partial charge in [0.1, 0.15) is 5.70 Å². The number of amides is 2. The Morgan fingerprint density at radius 1 is 0.931 bits per heavy atom. The van der Waals surface area contributed by atoms with E-state index in [1.54, 1.807) is 17.5 Å². The molecule has 0 saturated heterocycles. The summed E-state index contributed by atoms with van der Waals surface area (Å²) >= 11 is 13.5. The Morgan fingerprint density at radius 3 is 2.41 bits per heavy atom. The van der Waals surface area contributed by atoms with Crippen molar-refractivity contribution in [2.24, 2.45) is 0 Å². The molecule has 2 heterocycles. The molecule has 1 N–H and O–H groups in total. The quantitative estimate of drug-likeness (QED) is 0.516. The summed E-state index contributed by atoms with van der Waals surface area (Å²) in [5.74, 6) is -3.40. The van der Waals surface area contributed by atoms with Gasteiger partial charge in [0, 0.05) is 21.7 Å². The van der Waals surface area contributed by atoms with Gasteiger partial charge in [-0.2, -0.15) is 0 Å². The number of imide groups is 1.